The molecule has 0 radical (unpaired) electrons. The van der Waals surface area contributed by atoms with E-state index in [-0.39, 0.29) is 11.5 Å². The zero-order valence-electron chi connectivity index (χ0n) is 20.6. The lowest BCUT2D eigenvalue weighted by Gasteiger charge is -2.52. The molecule has 7 heteroatoms. The molecule has 4 rings (SSSR count). The molecule has 2 fully saturated rings. The van der Waals surface area contributed by atoms with Gasteiger partial charge in [-0.2, -0.15) is 0 Å². The van der Waals surface area contributed by atoms with Crippen molar-refractivity contribution in [2.24, 2.45) is 28.6 Å². The molecule has 184 valence electrons. The van der Waals surface area contributed by atoms with Gasteiger partial charge in [-0.15, -0.1) is 0 Å². The molecular formula is C26H38O7. The molecule has 7 nitrogen and oxygen atoms in total. The van der Waals surface area contributed by atoms with E-state index < -0.39 is 64.8 Å². The highest BCUT2D eigenvalue weighted by Crippen LogP contribution is 2.74. The van der Waals surface area contributed by atoms with Crippen LogP contribution in [0.15, 0.2) is 34.4 Å². The van der Waals surface area contributed by atoms with E-state index in [4.69, 9.17) is 4.74 Å². The lowest BCUT2D eigenvalue weighted by molar-refractivity contribution is -0.224. The van der Waals surface area contributed by atoms with E-state index in [1.54, 1.807) is 39.8 Å². The molecule has 4 aliphatic rings. The predicted octanol–water partition coefficient (Wildman–Crippen LogP) is 1.63. The van der Waals surface area contributed by atoms with Crippen LogP contribution >= 0.6 is 0 Å². The molecule has 0 heterocycles. The maximum atomic E-state index is 12.9. The summed E-state index contributed by atoms with van der Waals surface area (Å²) in [5, 5.41) is 57.4. The summed E-state index contributed by atoms with van der Waals surface area (Å²) < 4.78 is 5.81. The SMILES string of the molecule is CC1=C[C@]23C(O)[C@@H](C=C(CO)[C@@H](O)[C@]2(O)[C@H]1OC(=O)C(C)=C(C)C)[C@@H]1C(C)(C)[C@]1(O)C[C@H]3C. The Balaban J connectivity index is 1.91. The summed E-state index contributed by atoms with van der Waals surface area (Å²) in [6, 6.07) is 0. The first kappa shape index (κ1) is 24.6. The fourth-order valence-electron chi connectivity index (χ4n) is 7.40. The smallest absolute Gasteiger partial charge is 0.334 e. The van der Waals surface area contributed by atoms with Crippen LogP contribution in [0.3, 0.4) is 0 Å². The standard InChI is InChI=1S/C26H38O7/c1-12(2)15(5)22(30)33-21-13(3)9-24-14(4)10-25(31)18(23(25,6)7)17(20(24)29)8-16(11-27)19(28)26(21,24)32/h8-9,14,17-21,27-29,31-32H,10-11H2,1-7H3/t14-,17+,18-,19-,20?,21+,24+,25+,26+/m1/s1. The van der Waals surface area contributed by atoms with Crippen LogP contribution in [-0.2, 0) is 9.53 Å². The van der Waals surface area contributed by atoms with E-state index >= 15 is 0 Å². The second kappa shape index (κ2) is 7.25. The first-order valence-electron chi connectivity index (χ1n) is 11.8. The van der Waals surface area contributed by atoms with Crippen molar-refractivity contribution < 1.29 is 35.1 Å². The lowest BCUT2D eigenvalue weighted by Crippen LogP contribution is -2.67. The van der Waals surface area contributed by atoms with Gasteiger partial charge >= 0.3 is 5.97 Å². The number of allylic oxidation sites excluding steroid dienone is 1. The van der Waals surface area contributed by atoms with Crippen molar-refractivity contribution >= 4 is 5.97 Å². The van der Waals surface area contributed by atoms with Crippen LogP contribution in [0.25, 0.3) is 0 Å². The summed E-state index contributed by atoms with van der Waals surface area (Å²) in [5.74, 6) is -1.97. The molecule has 0 aromatic heterocycles. The summed E-state index contributed by atoms with van der Waals surface area (Å²) >= 11 is 0. The minimum absolute atomic E-state index is 0.158. The summed E-state index contributed by atoms with van der Waals surface area (Å²) in [7, 11) is 0. The second-order valence-corrected chi connectivity index (χ2v) is 11.6. The van der Waals surface area contributed by atoms with Crippen LogP contribution in [0, 0.1) is 28.6 Å². The Morgan fingerprint density at radius 3 is 2.33 bits per heavy atom. The molecule has 1 spiro atoms. The number of fused-ring (bicyclic) bond motifs is 3. The highest BCUT2D eigenvalue weighted by molar-refractivity contribution is 5.89. The topological polar surface area (TPSA) is 127 Å². The summed E-state index contributed by atoms with van der Waals surface area (Å²) in [4.78, 5) is 12.9. The minimum Gasteiger partial charge on any atom is -0.451 e. The molecule has 0 aromatic rings. The quantitative estimate of drug-likeness (QED) is 0.245. The van der Waals surface area contributed by atoms with Crippen LogP contribution in [0.2, 0.25) is 0 Å². The number of esters is 1. The number of aliphatic hydroxyl groups excluding tert-OH is 3. The molecule has 4 aliphatic carbocycles. The molecule has 9 atom stereocenters. The third-order valence-electron chi connectivity index (χ3n) is 9.61. The van der Waals surface area contributed by atoms with E-state index in [1.165, 1.54) is 0 Å². The Labute approximate surface area is 195 Å². The van der Waals surface area contributed by atoms with Crippen LogP contribution in [0.4, 0.5) is 0 Å². The van der Waals surface area contributed by atoms with Gasteiger partial charge in [0.15, 0.2) is 6.10 Å². The zero-order chi connectivity index (χ0) is 24.9. The molecule has 5 N–H and O–H groups in total. The number of carbonyl (C=O) groups excluding carboxylic acids is 1. The van der Waals surface area contributed by atoms with Gasteiger partial charge in [-0.25, -0.2) is 4.79 Å². The zero-order valence-corrected chi connectivity index (χ0v) is 20.6. The first-order valence-corrected chi connectivity index (χ1v) is 11.8. The molecule has 0 saturated heterocycles. The van der Waals surface area contributed by atoms with Gasteiger partial charge in [0.25, 0.3) is 0 Å². The van der Waals surface area contributed by atoms with Crippen molar-refractivity contribution in [1.29, 1.82) is 0 Å². The van der Waals surface area contributed by atoms with E-state index in [1.807, 2.05) is 20.8 Å². The average Bonchev–Trinajstić information content (AvgIpc) is 3.10. The van der Waals surface area contributed by atoms with Crippen molar-refractivity contribution in [3.63, 3.8) is 0 Å². The van der Waals surface area contributed by atoms with Gasteiger partial charge in [-0.1, -0.05) is 38.5 Å². The fourth-order valence-corrected chi connectivity index (χ4v) is 7.40. The van der Waals surface area contributed by atoms with Crippen LogP contribution in [-0.4, -0.2) is 67.6 Å². The van der Waals surface area contributed by atoms with Crippen molar-refractivity contribution in [3.8, 4) is 0 Å². The number of rotatable bonds is 3. The van der Waals surface area contributed by atoms with E-state index in [9.17, 15) is 30.3 Å². The molecule has 0 aliphatic heterocycles. The average molecular weight is 463 g/mol. The molecular weight excluding hydrogens is 424 g/mol. The summed E-state index contributed by atoms with van der Waals surface area (Å²) in [6.45, 7) is 12.2. The van der Waals surface area contributed by atoms with Gasteiger partial charge in [0.2, 0.25) is 0 Å². The molecule has 33 heavy (non-hydrogen) atoms. The Morgan fingerprint density at radius 1 is 1.18 bits per heavy atom. The van der Waals surface area contributed by atoms with Crippen LogP contribution in [0.5, 0.6) is 0 Å². The monoisotopic (exact) mass is 462 g/mol. The Hall–Kier alpha value is -1.51. The molecule has 0 aromatic carbocycles. The van der Waals surface area contributed by atoms with Crippen molar-refractivity contribution in [3.05, 3.63) is 34.4 Å². The lowest BCUT2D eigenvalue weighted by atomic mass is 9.58. The summed E-state index contributed by atoms with van der Waals surface area (Å²) in [6.07, 6.45) is -0.288. The van der Waals surface area contributed by atoms with Crippen molar-refractivity contribution in [2.75, 3.05) is 6.61 Å². The first-order chi connectivity index (χ1) is 15.1. The van der Waals surface area contributed by atoms with E-state index in [2.05, 4.69) is 0 Å². The molecule has 0 amide bonds. The maximum absolute atomic E-state index is 12.9. The Morgan fingerprint density at radius 2 is 1.79 bits per heavy atom. The number of carbonyl (C=O) groups is 1. The van der Waals surface area contributed by atoms with Gasteiger partial charge in [-0.05, 0) is 51.2 Å². The number of aliphatic hydroxyl groups is 5. The second-order valence-electron chi connectivity index (χ2n) is 11.6. The van der Waals surface area contributed by atoms with Gasteiger partial charge in [-0.3, -0.25) is 0 Å². The Bertz CT molecular complexity index is 973. The molecule has 1 unspecified atom stereocenters. The number of hydrogen-bond acceptors (Lipinski definition) is 7. The van der Waals surface area contributed by atoms with Gasteiger partial charge in [0.05, 0.1) is 23.7 Å². The number of hydrogen-bond donors (Lipinski definition) is 5. The van der Waals surface area contributed by atoms with Crippen molar-refractivity contribution in [2.45, 2.75) is 84.4 Å². The predicted molar refractivity (Wildman–Crippen MR) is 122 cm³/mol. The maximum Gasteiger partial charge on any atom is 0.334 e. The minimum atomic E-state index is -2.12. The van der Waals surface area contributed by atoms with Crippen molar-refractivity contribution in [1.82, 2.24) is 0 Å². The highest BCUT2D eigenvalue weighted by Gasteiger charge is 2.81. The fraction of sp³-hybridized carbons (Fsp3) is 0.731. The normalized spacial score (nSPS) is 47.3. The molecule has 2 saturated carbocycles. The third-order valence-corrected chi connectivity index (χ3v) is 9.61. The third kappa shape index (κ3) is 2.77. The van der Waals surface area contributed by atoms with Crippen LogP contribution in [0.1, 0.15) is 54.9 Å². The highest BCUT2D eigenvalue weighted by atomic mass is 16.6. The van der Waals surface area contributed by atoms with Gasteiger partial charge in [0, 0.05) is 22.8 Å². The molecule has 2 bridgehead atoms. The van der Waals surface area contributed by atoms with E-state index in [0.717, 1.165) is 5.57 Å². The Kier molecular flexibility index (Phi) is 5.40. The van der Waals surface area contributed by atoms with Gasteiger partial charge < -0.3 is 30.3 Å². The summed E-state index contributed by atoms with van der Waals surface area (Å²) in [5.41, 5.74) is -3.18. The largest absolute Gasteiger partial charge is 0.451 e. The van der Waals surface area contributed by atoms with E-state index in [0.29, 0.717) is 17.6 Å². The van der Waals surface area contributed by atoms with Crippen LogP contribution < -0.4 is 0 Å². The van der Waals surface area contributed by atoms with Gasteiger partial charge in [0.1, 0.15) is 11.7 Å². The number of ether oxygens (including phenoxy) is 1.